The Morgan fingerprint density at radius 2 is 1.50 bits per heavy atom. The zero-order valence-electron chi connectivity index (χ0n) is 16.1. The van der Waals surface area contributed by atoms with Gasteiger partial charge in [-0.15, -0.1) is 0 Å². The molecule has 0 amide bonds. The molecule has 0 saturated heterocycles. The molecule has 0 aliphatic carbocycles. The molecule has 6 nitrogen and oxygen atoms in total. The van der Waals surface area contributed by atoms with Crippen molar-refractivity contribution in [1.82, 2.24) is 9.97 Å². The first-order chi connectivity index (χ1) is 13.0. The Morgan fingerprint density at radius 3 is 1.89 bits per heavy atom. The van der Waals surface area contributed by atoms with Crippen molar-refractivity contribution in [3.05, 3.63) is 41.6 Å². The quantitative estimate of drug-likeness (QED) is 0.527. The highest BCUT2D eigenvalue weighted by Gasteiger charge is 2.26. The number of nitrogens with zero attached hydrogens (tertiary/aromatic N) is 2. The third-order valence-electron chi connectivity index (χ3n) is 2.76. The molecule has 2 rings (SSSR count). The summed E-state index contributed by atoms with van der Waals surface area (Å²) in [5.41, 5.74) is 12.8. The Kier molecular flexibility index (Phi) is 11.5. The van der Waals surface area contributed by atoms with E-state index in [-0.39, 0.29) is 5.88 Å². The first-order valence-electron chi connectivity index (χ1n) is 8.41. The highest BCUT2D eigenvalue weighted by Crippen LogP contribution is 2.20. The SMILES string of the molecule is CCCO.Cc1cc(N)cc(F)n1.Cc1cc(N)cc(OCCC(F)(F)F)n1. The molecule has 2 aromatic rings. The minimum Gasteiger partial charge on any atom is -0.477 e. The number of aromatic nitrogens is 2. The molecule has 0 fully saturated rings. The highest BCUT2D eigenvalue weighted by atomic mass is 19.4. The van der Waals surface area contributed by atoms with Crippen LogP contribution in [0.4, 0.5) is 28.9 Å². The number of hydrogen-bond acceptors (Lipinski definition) is 6. The number of hydrogen-bond donors (Lipinski definition) is 3. The number of halogens is 4. The van der Waals surface area contributed by atoms with E-state index in [4.69, 9.17) is 21.3 Å². The van der Waals surface area contributed by atoms with E-state index in [1.807, 2.05) is 6.92 Å². The normalized spacial score (nSPS) is 10.3. The zero-order valence-corrected chi connectivity index (χ0v) is 16.1. The maximum absolute atomic E-state index is 12.2. The van der Waals surface area contributed by atoms with Gasteiger partial charge in [-0.3, -0.25) is 0 Å². The van der Waals surface area contributed by atoms with Crippen LogP contribution in [0.25, 0.3) is 0 Å². The lowest BCUT2D eigenvalue weighted by Crippen LogP contribution is -2.13. The van der Waals surface area contributed by atoms with Crippen LogP contribution in [-0.4, -0.2) is 34.5 Å². The lowest BCUT2D eigenvalue weighted by atomic mass is 10.3. The fourth-order valence-electron chi connectivity index (χ4n) is 1.66. The van der Waals surface area contributed by atoms with Crippen LogP contribution >= 0.6 is 0 Å². The van der Waals surface area contributed by atoms with Crippen LogP contribution < -0.4 is 16.2 Å². The predicted molar refractivity (Wildman–Crippen MR) is 100 cm³/mol. The van der Waals surface area contributed by atoms with Gasteiger partial charge in [-0.05, 0) is 32.4 Å². The molecule has 2 heterocycles. The Balaban J connectivity index is 0.000000473. The number of alkyl halides is 3. The summed E-state index contributed by atoms with van der Waals surface area (Å²) in [7, 11) is 0. The van der Waals surface area contributed by atoms with Gasteiger partial charge in [0.25, 0.3) is 0 Å². The average molecular weight is 406 g/mol. The number of nitrogens with two attached hydrogens (primary N) is 2. The largest absolute Gasteiger partial charge is 0.477 e. The molecule has 2 aromatic heterocycles. The van der Waals surface area contributed by atoms with Crippen LogP contribution in [0.15, 0.2) is 24.3 Å². The molecule has 28 heavy (non-hydrogen) atoms. The number of aryl methyl sites for hydroxylation is 2. The fourth-order valence-corrected chi connectivity index (χ4v) is 1.66. The third kappa shape index (κ3) is 13.6. The van der Waals surface area contributed by atoms with E-state index < -0.39 is 25.2 Å². The Morgan fingerprint density at radius 1 is 1.00 bits per heavy atom. The molecule has 158 valence electrons. The molecule has 0 atom stereocenters. The lowest BCUT2D eigenvalue weighted by Gasteiger charge is -2.08. The number of aliphatic hydroxyl groups is 1. The standard InChI is InChI=1S/C9H11F3N2O.C6H7FN2.C3H8O/c1-6-4-7(13)5-8(14-6)15-3-2-9(10,11)12;1-4-2-5(8)3-6(7)9-4;1-2-3-4/h4-5H,2-3H2,1H3,(H2,13,14);2-3H,1H3,(H2,8,9);4H,2-3H2,1H3. The molecule has 0 saturated carbocycles. The molecule has 5 N–H and O–H groups in total. The van der Waals surface area contributed by atoms with E-state index in [0.29, 0.717) is 29.4 Å². The smallest absolute Gasteiger partial charge is 0.392 e. The summed E-state index contributed by atoms with van der Waals surface area (Å²) in [6, 6.07) is 5.80. The number of anilines is 2. The predicted octanol–water partition coefficient (Wildman–Crippen LogP) is 3.80. The van der Waals surface area contributed by atoms with Crippen molar-refractivity contribution >= 4 is 11.4 Å². The summed E-state index contributed by atoms with van der Waals surface area (Å²) in [5, 5.41) is 7.88. The Hall–Kier alpha value is -2.62. The van der Waals surface area contributed by atoms with Crippen LogP contribution in [-0.2, 0) is 0 Å². The minimum atomic E-state index is -4.21. The van der Waals surface area contributed by atoms with Gasteiger partial charge in [0.1, 0.15) is 0 Å². The minimum absolute atomic E-state index is 0.122. The summed E-state index contributed by atoms with van der Waals surface area (Å²) in [6.07, 6.45) is -4.34. The molecule has 0 aromatic carbocycles. The van der Waals surface area contributed by atoms with Crippen LogP contribution in [0.3, 0.4) is 0 Å². The maximum Gasteiger partial charge on any atom is 0.392 e. The fraction of sp³-hybridized carbons (Fsp3) is 0.444. The molecular weight excluding hydrogens is 380 g/mol. The Labute approximate surface area is 161 Å². The number of rotatable bonds is 4. The van der Waals surface area contributed by atoms with E-state index in [9.17, 15) is 17.6 Å². The van der Waals surface area contributed by atoms with Gasteiger partial charge < -0.3 is 21.3 Å². The van der Waals surface area contributed by atoms with Gasteiger partial charge >= 0.3 is 6.18 Å². The second-order valence-electron chi connectivity index (χ2n) is 5.68. The molecule has 0 spiro atoms. The molecule has 0 aliphatic heterocycles. The summed E-state index contributed by atoms with van der Waals surface area (Å²) >= 11 is 0. The highest BCUT2D eigenvalue weighted by molar-refractivity contribution is 5.42. The van der Waals surface area contributed by atoms with Crippen molar-refractivity contribution in [2.24, 2.45) is 0 Å². The van der Waals surface area contributed by atoms with Gasteiger partial charge in [-0.2, -0.15) is 17.6 Å². The second-order valence-corrected chi connectivity index (χ2v) is 5.68. The van der Waals surface area contributed by atoms with Crippen molar-refractivity contribution in [3.63, 3.8) is 0 Å². The number of aliphatic hydroxyl groups excluding tert-OH is 1. The zero-order chi connectivity index (χ0) is 21.7. The van der Waals surface area contributed by atoms with Gasteiger partial charge in [0, 0.05) is 41.5 Å². The van der Waals surface area contributed by atoms with Crippen LogP contribution in [0.1, 0.15) is 31.2 Å². The van der Waals surface area contributed by atoms with Gasteiger partial charge in [-0.25, -0.2) is 9.97 Å². The van der Waals surface area contributed by atoms with Crippen LogP contribution in [0, 0.1) is 19.8 Å². The topological polar surface area (TPSA) is 107 Å². The molecular formula is C18H26F4N4O2. The van der Waals surface area contributed by atoms with Crippen LogP contribution in [0.2, 0.25) is 0 Å². The van der Waals surface area contributed by atoms with Gasteiger partial charge in [0.15, 0.2) is 0 Å². The monoisotopic (exact) mass is 406 g/mol. The van der Waals surface area contributed by atoms with Crippen LogP contribution in [0.5, 0.6) is 5.88 Å². The summed E-state index contributed by atoms with van der Waals surface area (Å²) in [4.78, 5) is 7.37. The van der Waals surface area contributed by atoms with Crippen molar-refractivity contribution in [2.75, 3.05) is 24.7 Å². The van der Waals surface area contributed by atoms with E-state index in [2.05, 4.69) is 9.97 Å². The number of nitrogen functional groups attached to an aromatic ring is 2. The molecule has 10 heteroatoms. The maximum atomic E-state index is 12.2. The van der Waals surface area contributed by atoms with Gasteiger partial charge in [0.2, 0.25) is 11.8 Å². The molecule has 0 aliphatic rings. The second kappa shape index (κ2) is 12.7. The van der Waals surface area contributed by atoms with Gasteiger partial charge in [-0.1, -0.05) is 6.92 Å². The van der Waals surface area contributed by atoms with Crippen molar-refractivity contribution in [2.45, 2.75) is 39.8 Å². The summed E-state index contributed by atoms with van der Waals surface area (Å²) in [5.74, 6) is -0.399. The molecule has 0 bridgehead atoms. The first-order valence-corrected chi connectivity index (χ1v) is 8.41. The van der Waals surface area contributed by atoms with E-state index in [0.717, 1.165) is 6.42 Å². The van der Waals surface area contributed by atoms with Crippen molar-refractivity contribution < 1.29 is 27.4 Å². The lowest BCUT2D eigenvalue weighted by molar-refractivity contribution is -0.139. The van der Waals surface area contributed by atoms with Gasteiger partial charge in [0.05, 0.1) is 13.0 Å². The van der Waals surface area contributed by atoms with E-state index >= 15 is 0 Å². The summed E-state index contributed by atoms with van der Waals surface area (Å²) < 4.78 is 52.4. The van der Waals surface area contributed by atoms with Crippen molar-refractivity contribution in [1.29, 1.82) is 0 Å². The average Bonchev–Trinajstić information content (AvgIpc) is 2.52. The molecule has 0 radical (unpaired) electrons. The molecule has 0 unspecified atom stereocenters. The third-order valence-corrected chi connectivity index (χ3v) is 2.76. The summed E-state index contributed by atoms with van der Waals surface area (Å²) in [6.45, 7) is 5.19. The van der Waals surface area contributed by atoms with Crippen molar-refractivity contribution in [3.8, 4) is 5.88 Å². The van der Waals surface area contributed by atoms with E-state index in [1.165, 1.54) is 12.1 Å². The number of pyridine rings is 2. The Bertz CT molecular complexity index is 640. The number of ether oxygens (including phenoxy) is 1. The van der Waals surface area contributed by atoms with E-state index in [1.54, 1.807) is 26.0 Å². The first kappa shape index (κ1) is 25.4.